The Hall–Kier alpha value is -0.650. The second-order valence-electron chi connectivity index (χ2n) is 3.91. The van der Waals surface area contributed by atoms with Crippen LogP contribution >= 0.6 is 0 Å². The van der Waals surface area contributed by atoms with Crippen molar-refractivity contribution >= 4 is 5.91 Å². The number of carbonyl (C=O) groups excluding carboxylic acids is 1. The average molecular weight is 216 g/mol. The van der Waals surface area contributed by atoms with Crippen LogP contribution in [0.15, 0.2) is 0 Å². The van der Waals surface area contributed by atoms with Crippen molar-refractivity contribution in [1.82, 2.24) is 10.6 Å². The van der Waals surface area contributed by atoms with Gasteiger partial charge in [-0.2, -0.15) is 0 Å². The lowest BCUT2D eigenvalue weighted by Gasteiger charge is -2.17. The second kappa shape index (κ2) is 6.76. The number of aliphatic hydroxyl groups is 1. The molecule has 0 aliphatic carbocycles. The fourth-order valence-corrected chi connectivity index (χ4v) is 1.70. The fourth-order valence-electron chi connectivity index (χ4n) is 1.70. The van der Waals surface area contributed by atoms with Crippen molar-refractivity contribution in [2.24, 2.45) is 0 Å². The second-order valence-corrected chi connectivity index (χ2v) is 3.91. The molecule has 1 heterocycles. The van der Waals surface area contributed by atoms with Crippen LogP contribution in [0.1, 0.15) is 19.3 Å². The van der Waals surface area contributed by atoms with E-state index in [9.17, 15) is 9.90 Å². The Morgan fingerprint density at radius 1 is 1.73 bits per heavy atom. The van der Waals surface area contributed by atoms with Crippen LogP contribution in [0.5, 0.6) is 0 Å². The molecule has 0 aromatic heterocycles. The molecule has 5 heteroatoms. The van der Waals surface area contributed by atoms with Crippen LogP contribution in [-0.4, -0.2) is 50.0 Å². The van der Waals surface area contributed by atoms with Gasteiger partial charge in [-0.3, -0.25) is 4.79 Å². The van der Waals surface area contributed by atoms with Gasteiger partial charge < -0.3 is 20.5 Å². The molecule has 88 valence electrons. The number of hydrogen-bond donors (Lipinski definition) is 3. The maximum atomic E-state index is 11.2. The van der Waals surface area contributed by atoms with Gasteiger partial charge in [0.05, 0.1) is 12.7 Å². The number of ether oxygens (including phenoxy) is 1. The molecule has 1 rings (SSSR count). The minimum absolute atomic E-state index is 0.0891. The molecule has 1 aliphatic heterocycles. The lowest BCUT2D eigenvalue weighted by atomic mass is 10.1. The number of hydrogen-bond acceptors (Lipinski definition) is 4. The van der Waals surface area contributed by atoms with Gasteiger partial charge in [-0.15, -0.1) is 0 Å². The lowest BCUT2D eigenvalue weighted by Crippen LogP contribution is -2.38. The van der Waals surface area contributed by atoms with Crippen LogP contribution < -0.4 is 10.6 Å². The summed E-state index contributed by atoms with van der Waals surface area (Å²) >= 11 is 0. The first-order valence-corrected chi connectivity index (χ1v) is 5.39. The van der Waals surface area contributed by atoms with Crippen molar-refractivity contribution < 1.29 is 14.6 Å². The highest BCUT2D eigenvalue weighted by molar-refractivity contribution is 5.76. The highest BCUT2D eigenvalue weighted by atomic mass is 16.5. The van der Waals surface area contributed by atoms with E-state index in [1.165, 1.54) is 0 Å². The molecule has 1 fully saturated rings. The van der Waals surface area contributed by atoms with Gasteiger partial charge in [0, 0.05) is 32.7 Å². The standard InChI is InChI=1S/C10H20N2O3/c1-15-7-9(13)6-12-8-3-2-4-11-10(14)5-8/h8-9,12-13H,2-7H2,1H3,(H,11,14). The van der Waals surface area contributed by atoms with E-state index in [2.05, 4.69) is 10.6 Å². The molecule has 1 saturated heterocycles. The third-order valence-electron chi connectivity index (χ3n) is 2.48. The quantitative estimate of drug-likeness (QED) is 0.565. The van der Waals surface area contributed by atoms with Gasteiger partial charge in [0.1, 0.15) is 0 Å². The smallest absolute Gasteiger partial charge is 0.221 e. The Bertz CT molecular complexity index is 199. The number of nitrogens with one attached hydrogen (secondary N) is 2. The molecule has 15 heavy (non-hydrogen) atoms. The summed E-state index contributed by atoms with van der Waals surface area (Å²) in [6.07, 6.45) is 1.96. The van der Waals surface area contributed by atoms with E-state index in [-0.39, 0.29) is 11.9 Å². The summed E-state index contributed by atoms with van der Waals surface area (Å²) in [5.41, 5.74) is 0. The minimum Gasteiger partial charge on any atom is -0.389 e. The highest BCUT2D eigenvalue weighted by Gasteiger charge is 2.17. The summed E-state index contributed by atoms with van der Waals surface area (Å²) in [6, 6.07) is 0.180. The van der Waals surface area contributed by atoms with Crippen LogP contribution in [-0.2, 0) is 9.53 Å². The molecular weight excluding hydrogens is 196 g/mol. The number of methoxy groups -OCH3 is 1. The first kappa shape index (κ1) is 12.4. The fraction of sp³-hybridized carbons (Fsp3) is 0.900. The molecule has 2 unspecified atom stereocenters. The van der Waals surface area contributed by atoms with E-state index >= 15 is 0 Å². The van der Waals surface area contributed by atoms with E-state index in [0.29, 0.717) is 19.6 Å². The maximum absolute atomic E-state index is 11.2. The van der Waals surface area contributed by atoms with Gasteiger partial charge in [0.25, 0.3) is 0 Å². The lowest BCUT2D eigenvalue weighted by molar-refractivity contribution is -0.121. The molecule has 0 bridgehead atoms. The van der Waals surface area contributed by atoms with Gasteiger partial charge in [-0.1, -0.05) is 0 Å². The Morgan fingerprint density at radius 2 is 2.53 bits per heavy atom. The monoisotopic (exact) mass is 216 g/mol. The molecular formula is C10H20N2O3. The zero-order chi connectivity index (χ0) is 11.1. The molecule has 5 nitrogen and oxygen atoms in total. The largest absolute Gasteiger partial charge is 0.389 e. The molecule has 0 saturated carbocycles. The maximum Gasteiger partial charge on any atom is 0.221 e. The Labute approximate surface area is 90.2 Å². The van der Waals surface area contributed by atoms with Crippen molar-refractivity contribution in [2.75, 3.05) is 26.8 Å². The van der Waals surface area contributed by atoms with Crippen molar-refractivity contribution in [3.8, 4) is 0 Å². The van der Waals surface area contributed by atoms with Crippen LogP contribution in [0, 0.1) is 0 Å². The van der Waals surface area contributed by atoms with Crippen LogP contribution in [0.3, 0.4) is 0 Å². The van der Waals surface area contributed by atoms with Gasteiger partial charge in [0.15, 0.2) is 0 Å². The summed E-state index contributed by atoms with van der Waals surface area (Å²) in [6.45, 7) is 1.56. The summed E-state index contributed by atoms with van der Waals surface area (Å²) in [4.78, 5) is 11.2. The van der Waals surface area contributed by atoms with Crippen molar-refractivity contribution in [1.29, 1.82) is 0 Å². The molecule has 0 aromatic carbocycles. The minimum atomic E-state index is -0.499. The van der Waals surface area contributed by atoms with E-state index in [1.807, 2.05) is 0 Å². The zero-order valence-electron chi connectivity index (χ0n) is 9.16. The molecule has 1 aliphatic rings. The van der Waals surface area contributed by atoms with Gasteiger partial charge in [0.2, 0.25) is 5.91 Å². The summed E-state index contributed by atoms with van der Waals surface area (Å²) < 4.78 is 4.82. The Balaban J connectivity index is 2.21. The first-order valence-electron chi connectivity index (χ1n) is 5.39. The van der Waals surface area contributed by atoms with Crippen molar-refractivity contribution in [3.05, 3.63) is 0 Å². The van der Waals surface area contributed by atoms with Crippen molar-refractivity contribution in [2.45, 2.75) is 31.4 Å². The van der Waals surface area contributed by atoms with Gasteiger partial charge in [-0.25, -0.2) is 0 Å². The number of aliphatic hydroxyl groups excluding tert-OH is 1. The molecule has 2 atom stereocenters. The topological polar surface area (TPSA) is 70.6 Å². The Morgan fingerprint density at radius 3 is 3.27 bits per heavy atom. The predicted octanol–water partition coefficient (Wildman–Crippen LogP) is -0.748. The third-order valence-corrected chi connectivity index (χ3v) is 2.48. The summed E-state index contributed by atoms with van der Waals surface area (Å²) in [5, 5.41) is 15.4. The van der Waals surface area contributed by atoms with Gasteiger partial charge >= 0.3 is 0 Å². The highest BCUT2D eigenvalue weighted by Crippen LogP contribution is 2.05. The van der Waals surface area contributed by atoms with Crippen LogP contribution in [0.2, 0.25) is 0 Å². The van der Waals surface area contributed by atoms with Crippen LogP contribution in [0.4, 0.5) is 0 Å². The normalized spacial score (nSPS) is 24.4. The first-order chi connectivity index (χ1) is 7.22. The predicted molar refractivity (Wildman–Crippen MR) is 56.5 cm³/mol. The van der Waals surface area contributed by atoms with Crippen LogP contribution in [0.25, 0.3) is 0 Å². The third kappa shape index (κ3) is 5.11. The van der Waals surface area contributed by atoms with E-state index < -0.39 is 6.10 Å². The molecule has 0 radical (unpaired) electrons. The van der Waals surface area contributed by atoms with Crippen molar-refractivity contribution in [3.63, 3.8) is 0 Å². The molecule has 3 N–H and O–H groups in total. The number of carbonyl (C=O) groups is 1. The number of rotatable bonds is 5. The SMILES string of the molecule is COCC(O)CNC1CCCNC(=O)C1. The van der Waals surface area contributed by atoms with E-state index in [1.54, 1.807) is 7.11 Å². The average Bonchev–Trinajstić information content (AvgIpc) is 2.40. The van der Waals surface area contributed by atoms with E-state index in [4.69, 9.17) is 4.74 Å². The molecule has 0 spiro atoms. The molecule has 1 amide bonds. The zero-order valence-corrected chi connectivity index (χ0v) is 9.16. The summed E-state index contributed by atoms with van der Waals surface area (Å²) in [7, 11) is 1.56. The molecule has 0 aromatic rings. The Kier molecular flexibility index (Phi) is 5.60. The van der Waals surface area contributed by atoms with Gasteiger partial charge in [-0.05, 0) is 12.8 Å². The number of amides is 1. The van der Waals surface area contributed by atoms with E-state index in [0.717, 1.165) is 19.4 Å². The summed E-state index contributed by atoms with van der Waals surface area (Å²) in [5.74, 6) is 0.0891.